The van der Waals surface area contributed by atoms with Crippen LogP contribution in [0.1, 0.15) is 61.2 Å². The number of rotatable bonds is 4. The summed E-state index contributed by atoms with van der Waals surface area (Å²) in [6.07, 6.45) is 1.84. The highest BCUT2D eigenvalue weighted by molar-refractivity contribution is 7.15. The predicted molar refractivity (Wildman–Crippen MR) is 120 cm³/mol. The molecular formula is C24H27N3O4S. The van der Waals surface area contributed by atoms with Crippen molar-refractivity contribution < 1.29 is 19.1 Å². The summed E-state index contributed by atoms with van der Waals surface area (Å²) in [5.74, 6) is 0.00358. The van der Waals surface area contributed by atoms with Gasteiger partial charge in [-0.15, -0.1) is 10.2 Å². The number of benzene rings is 1. The van der Waals surface area contributed by atoms with Crippen molar-refractivity contribution in [2.45, 2.75) is 64.2 Å². The van der Waals surface area contributed by atoms with Crippen molar-refractivity contribution in [2.24, 2.45) is 5.92 Å². The lowest BCUT2D eigenvalue weighted by Gasteiger charge is -2.38. The second-order valence-electron chi connectivity index (χ2n) is 9.04. The molecule has 1 saturated carbocycles. The highest BCUT2D eigenvalue weighted by atomic mass is 32.1. The number of nitrogens with zero attached hydrogens (tertiary/aromatic N) is 3. The number of methoxy groups -OCH3 is 1. The molecule has 0 radical (unpaired) electrons. The molecule has 168 valence electrons. The van der Waals surface area contributed by atoms with Gasteiger partial charge in [-0.25, -0.2) is 0 Å². The number of amides is 1. The van der Waals surface area contributed by atoms with E-state index in [2.05, 4.69) is 36.2 Å². The van der Waals surface area contributed by atoms with Crippen LogP contribution in [0.3, 0.4) is 0 Å². The van der Waals surface area contributed by atoms with Crippen LogP contribution in [-0.2, 0) is 19.1 Å². The van der Waals surface area contributed by atoms with Gasteiger partial charge in [0.2, 0.25) is 5.13 Å². The number of carbonyl (C=O) groups is 2. The molecule has 2 aliphatic heterocycles. The lowest BCUT2D eigenvalue weighted by Crippen LogP contribution is -2.43. The van der Waals surface area contributed by atoms with Gasteiger partial charge >= 0.3 is 0 Å². The number of carbonyl (C=O) groups excluding carboxylic acids is 2. The van der Waals surface area contributed by atoms with E-state index in [1.807, 2.05) is 19.1 Å². The predicted octanol–water partition coefficient (Wildman–Crippen LogP) is 4.09. The summed E-state index contributed by atoms with van der Waals surface area (Å²) in [5.41, 5.74) is 2.54. The molecule has 1 fully saturated rings. The number of ether oxygens (including phenoxy) is 2. The Morgan fingerprint density at radius 2 is 1.91 bits per heavy atom. The van der Waals surface area contributed by atoms with E-state index >= 15 is 0 Å². The van der Waals surface area contributed by atoms with Crippen LogP contribution in [0.15, 0.2) is 35.6 Å². The standard InChI is InChI=1S/C24H27N3O4S/c1-12(2)14-5-7-15(8-6-14)20-19-21(28)17-10-9-16(30-4)11-18(17)31-22(19)23(29)27(20)24-26-25-13(3)32-24/h5-8,12,16-18,20H,9-11H2,1-4H3. The van der Waals surface area contributed by atoms with Gasteiger partial charge in [-0.2, -0.15) is 0 Å². The van der Waals surface area contributed by atoms with Gasteiger partial charge in [0, 0.05) is 13.5 Å². The number of ketones is 1. The van der Waals surface area contributed by atoms with E-state index in [1.165, 1.54) is 16.9 Å². The van der Waals surface area contributed by atoms with Gasteiger partial charge in [0.25, 0.3) is 5.91 Å². The molecule has 4 atom stereocenters. The summed E-state index contributed by atoms with van der Waals surface area (Å²) in [7, 11) is 1.68. The summed E-state index contributed by atoms with van der Waals surface area (Å²) in [5, 5.41) is 9.57. The van der Waals surface area contributed by atoms with E-state index in [-0.39, 0.29) is 35.6 Å². The van der Waals surface area contributed by atoms with Gasteiger partial charge in [0.1, 0.15) is 11.1 Å². The Morgan fingerprint density at radius 1 is 1.16 bits per heavy atom. The van der Waals surface area contributed by atoms with Gasteiger partial charge in [-0.3, -0.25) is 14.5 Å². The molecule has 4 unspecified atom stereocenters. The van der Waals surface area contributed by atoms with E-state index in [0.717, 1.165) is 17.0 Å². The minimum absolute atomic E-state index is 0.0147. The molecule has 1 amide bonds. The van der Waals surface area contributed by atoms with Crippen molar-refractivity contribution in [3.05, 3.63) is 51.7 Å². The Labute approximate surface area is 191 Å². The van der Waals surface area contributed by atoms with Gasteiger partial charge < -0.3 is 9.47 Å². The molecule has 8 heteroatoms. The second-order valence-corrected chi connectivity index (χ2v) is 10.2. The van der Waals surface area contributed by atoms with Crippen molar-refractivity contribution in [2.75, 3.05) is 12.0 Å². The van der Waals surface area contributed by atoms with Gasteiger partial charge in [-0.1, -0.05) is 49.4 Å². The number of aryl methyl sites for hydroxylation is 1. The third-order valence-electron chi connectivity index (χ3n) is 6.78. The van der Waals surface area contributed by atoms with Crippen LogP contribution < -0.4 is 4.90 Å². The first-order valence-electron chi connectivity index (χ1n) is 11.1. The Bertz CT molecular complexity index is 1090. The first-order valence-corrected chi connectivity index (χ1v) is 11.9. The minimum atomic E-state index is -0.556. The van der Waals surface area contributed by atoms with Gasteiger partial charge in [-0.05, 0) is 36.8 Å². The molecule has 32 heavy (non-hydrogen) atoms. The van der Waals surface area contributed by atoms with Gasteiger partial charge in [0.15, 0.2) is 11.5 Å². The van der Waals surface area contributed by atoms with E-state index in [1.54, 1.807) is 12.0 Å². The summed E-state index contributed by atoms with van der Waals surface area (Å²) >= 11 is 1.34. The van der Waals surface area contributed by atoms with E-state index in [0.29, 0.717) is 29.5 Å². The summed E-state index contributed by atoms with van der Waals surface area (Å²) in [6.45, 7) is 6.13. The highest BCUT2D eigenvalue weighted by Crippen LogP contribution is 2.49. The Morgan fingerprint density at radius 3 is 2.53 bits per heavy atom. The monoisotopic (exact) mass is 453 g/mol. The average molecular weight is 454 g/mol. The first-order chi connectivity index (χ1) is 15.4. The quantitative estimate of drug-likeness (QED) is 0.693. The molecule has 0 spiro atoms. The molecule has 2 aromatic rings. The zero-order chi connectivity index (χ0) is 22.6. The van der Waals surface area contributed by atoms with E-state index in [4.69, 9.17) is 9.47 Å². The molecule has 0 bridgehead atoms. The van der Waals surface area contributed by atoms with E-state index < -0.39 is 6.04 Å². The molecule has 7 nitrogen and oxygen atoms in total. The zero-order valence-electron chi connectivity index (χ0n) is 18.7. The fourth-order valence-corrected chi connectivity index (χ4v) is 5.72. The number of fused-ring (bicyclic) bond motifs is 1. The van der Waals surface area contributed by atoms with Crippen LogP contribution >= 0.6 is 11.3 Å². The number of hydrogen-bond donors (Lipinski definition) is 0. The third kappa shape index (κ3) is 3.36. The number of aromatic nitrogens is 2. The SMILES string of the molecule is COC1CCC2C(=O)C3=C(OC2C1)C(=O)N(c1nnc(C)s1)C3c1ccc(C(C)C)cc1. The van der Waals surface area contributed by atoms with Crippen molar-refractivity contribution in [3.8, 4) is 0 Å². The zero-order valence-corrected chi connectivity index (χ0v) is 19.5. The van der Waals surface area contributed by atoms with Crippen molar-refractivity contribution in [1.82, 2.24) is 10.2 Å². The summed E-state index contributed by atoms with van der Waals surface area (Å²) in [6, 6.07) is 7.58. The van der Waals surface area contributed by atoms with Gasteiger partial charge in [0.05, 0.1) is 23.6 Å². The normalized spacial score (nSPS) is 27.6. The fraction of sp³-hybridized carbons (Fsp3) is 0.500. The number of Topliss-reactive ketones (excluding diaryl/α,β-unsaturated/α-hetero) is 1. The van der Waals surface area contributed by atoms with Crippen LogP contribution in [0.2, 0.25) is 0 Å². The van der Waals surface area contributed by atoms with Crippen molar-refractivity contribution in [3.63, 3.8) is 0 Å². The highest BCUT2D eigenvalue weighted by Gasteiger charge is 2.54. The summed E-state index contributed by atoms with van der Waals surface area (Å²) < 4.78 is 11.8. The number of hydrogen-bond acceptors (Lipinski definition) is 7. The minimum Gasteiger partial charge on any atom is -0.483 e. The largest absolute Gasteiger partial charge is 0.483 e. The van der Waals surface area contributed by atoms with Crippen LogP contribution in [0.4, 0.5) is 5.13 Å². The van der Waals surface area contributed by atoms with Crippen LogP contribution in [0.5, 0.6) is 0 Å². The van der Waals surface area contributed by atoms with Crippen LogP contribution in [0.25, 0.3) is 0 Å². The topological polar surface area (TPSA) is 81.6 Å². The first kappa shape index (κ1) is 21.3. The fourth-order valence-electron chi connectivity index (χ4n) is 5.00. The Balaban J connectivity index is 1.59. The molecule has 5 rings (SSSR count). The molecule has 3 aliphatic rings. The lowest BCUT2D eigenvalue weighted by atomic mass is 9.76. The maximum absolute atomic E-state index is 13.7. The summed E-state index contributed by atoms with van der Waals surface area (Å²) in [4.78, 5) is 28.9. The lowest BCUT2D eigenvalue weighted by molar-refractivity contribution is -0.135. The molecule has 0 N–H and O–H groups in total. The smallest absolute Gasteiger partial charge is 0.296 e. The van der Waals surface area contributed by atoms with E-state index in [9.17, 15) is 9.59 Å². The molecule has 3 heterocycles. The van der Waals surface area contributed by atoms with Crippen LogP contribution in [-0.4, -0.2) is 41.2 Å². The molecule has 1 aliphatic carbocycles. The van der Waals surface area contributed by atoms with Crippen molar-refractivity contribution >= 4 is 28.2 Å². The molecule has 1 aromatic carbocycles. The number of anilines is 1. The average Bonchev–Trinajstić information content (AvgIpc) is 3.34. The maximum Gasteiger partial charge on any atom is 0.296 e. The van der Waals surface area contributed by atoms with Crippen molar-refractivity contribution in [1.29, 1.82) is 0 Å². The Hall–Kier alpha value is -2.58. The second kappa shape index (κ2) is 8.08. The maximum atomic E-state index is 13.7. The molecule has 0 saturated heterocycles. The van der Waals surface area contributed by atoms with Crippen LogP contribution in [0, 0.1) is 12.8 Å². The molecule has 1 aromatic heterocycles. The molecular weight excluding hydrogens is 426 g/mol. The Kier molecular flexibility index (Phi) is 5.37. The third-order valence-corrected chi connectivity index (χ3v) is 7.62.